The van der Waals surface area contributed by atoms with Crippen molar-refractivity contribution in [3.63, 3.8) is 0 Å². The summed E-state index contributed by atoms with van der Waals surface area (Å²) in [4.78, 5) is 10.1. The van der Waals surface area contributed by atoms with Crippen molar-refractivity contribution in [1.29, 1.82) is 0 Å². The Balaban J connectivity index is 2.50. The lowest BCUT2D eigenvalue weighted by Gasteiger charge is -2.00. The number of aliphatic carboxylic acids is 1. The summed E-state index contributed by atoms with van der Waals surface area (Å²) in [6.45, 7) is 0. The van der Waals surface area contributed by atoms with E-state index in [1.165, 1.54) is 12.5 Å². The van der Waals surface area contributed by atoms with E-state index >= 15 is 0 Å². The van der Waals surface area contributed by atoms with Crippen molar-refractivity contribution < 1.29 is 19.4 Å². The Labute approximate surface area is 63.1 Å². The van der Waals surface area contributed by atoms with Gasteiger partial charge in [0.25, 0.3) is 0 Å². The average Bonchev–Trinajstić information content (AvgIpc) is 2.39. The molecule has 0 bridgehead atoms. The van der Waals surface area contributed by atoms with E-state index in [9.17, 15) is 4.79 Å². The van der Waals surface area contributed by atoms with Crippen LogP contribution in [0.4, 0.5) is 0 Å². The first-order valence-electron chi connectivity index (χ1n) is 3.12. The van der Waals surface area contributed by atoms with Crippen LogP contribution >= 0.6 is 0 Å². The third-order valence-corrected chi connectivity index (χ3v) is 1.29. The fourth-order valence-corrected chi connectivity index (χ4v) is 0.719. The number of carbonyl (C=O) groups is 1. The van der Waals surface area contributed by atoms with Crippen molar-refractivity contribution in [2.75, 3.05) is 0 Å². The number of hydrogen-bond acceptors (Lipinski definition) is 3. The fourth-order valence-electron chi connectivity index (χ4n) is 0.719. The second-order valence-electron chi connectivity index (χ2n) is 2.19. The molecule has 2 N–H and O–H groups in total. The molecule has 0 aromatic carbocycles. The van der Waals surface area contributed by atoms with Crippen molar-refractivity contribution in [3.8, 4) is 0 Å². The van der Waals surface area contributed by atoms with E-state index in [0.717, 1.165) is 0 Å². The summed E-state index contributed by atoms with van der Waals surface area (Å²) in [6, 6.07) is 1.62. The van der Waals surface area contributed by atoms with Crippen molar-refractivity contribution in [2.24, 2.45) is 0 Å². The molecule has 1 aromatic rings. The highest BCUT2D eigenvalue weighted by atomic mass is 16.4. The SMILES string of the molecule is O=C(O)C(O)Cc1ccoc1. The van der Waals surface area contributed by atoms with Gasteiger partial charge in [-0.3, -0.25) is 0 Å². The third kappa shape index (κ3) is 2.09. The van der Waals surface area contributed by atoms with Gasteiger partial charge in [0.1, 0.15) is 0 Å². The standard InChI is InChI=1S/C7H8O4/c8-6(7(9)10)3-5-1-2-11-4-5/h1-2,4,6,8H,3H2,(H,9,10). The first-order valence-corrected chi connectivity index (χ1v) is 3.12. The van der Waals surface area contributed by atoms with Crippen LogP contribution < -0.4 is 0 Å². The largest absolute Gasteiger partial charge is 0.479 e. The maximum Gasteiger partial charge on any atom is 0.332 e. The lowest BCUT2D eigenvalue weighted by atomic mass is 10.1. The maximum atomic E-state index is 10.1. The van der Waals surface area contributed by atoms with Gasteiger partial charge in [0.2, 0.25) is 0 Å². The van der Waals surface area contributed by atoms with Crippen molar-refractivity contribution in [1.82, 2.24) is 0 Å². The van der Waals surface area contributed by atoms with Crippen LogP contribution in [0.25, 0.3) is 0 Å². The number of carboxylic acids is 1. The zero-order valence-corrected chi connectivity index (χ0v) is 5.73. The molecular formula is C7H8O4. The van der Waals surface area contributed by atoms with Gasteiger partial charge in [-0.1, -0.05) is 0 Å². The highest BCUT2D eigenvalue weighted by molar-refractivity contribution is 5.72. The summed E-state index contributed by atoms with van der Waals surface area (Å²) in [5.74, 6) is -1.22. The van der Waals surface area contributed by atoms with Gasteiger partial charge in [-0.05, 0) is 11.6 Å². The lowest BCUT2D eigenvalue weighted by Crippen LogP contribution is -2.21. The number of aliphatic hydroxyl groups excluding tert-OH is 1. The molecule has 1 atom stereocenters. The first-order chi connectivity index (χ1) is 5.20. The molecular weight excluding hydrogens is 148 g/mol. The molecule has 0 spiro atoms. The summed E-state index contributed by atoms with van der Waals surface area (Å²) >= 11 is 0. The summed E-state index contributed by atoms with van der Waals surface area (Å²) in [5, 5.41) is 17.2. The van der Waals surface area contributed by atoms with Crippen LogP contribution in [-0.2, 0) is 11.2 Å². The molecule has 4 nitrogen and oxygen atoms in total. The van der Waals surface area contributed by atoms with Gasteiger partial charge in [0.05, 0.1) is 12.5 Å². The van der Waals surface area contributed by atoms with Crippen LogP contribution in [-0.4, -0.2) is 22.3 Å². The zero-order chi connectivity index (χ0) is 8.27. The summed E-state index contributed by atoms with van der Waals surface area (Å²) in [6.07, 6.45) is 1.59. The Kier molecular flexibility index (Phi) is 2.28. The second-order valence-corrected chi connectivity index (χ2v) is 2.19. The maximum absolute atomic E-state index is 10.1. The molecule has 0 aliphatic heterocycles. The lowest BCUT2D eigenvalue weighted by molar-refractivity contribution is -0.146. The molecule has 1 heterocycles. The van der Waals surface area contributed by atoms with Crippen molar-refractivity contribution in [2.45, 2.75) is 12.5 Å². The third-order valence-electron chi connectivity index (χ3n) is 1.29. The van der Waals surface area contributed by atoms with E-state index in [-0.39, 0.29) is 6.42 Å². The summed E-state index contributed by atoms with van der Waals surface area (Å²) < 4.78 is 4.69. The summed E-state index contributed by atoms with van der Waals surface area (Å²) in [7, 11) is 0. The van der Waals surface area contributed by atoms with Gasteiger partial charge in [0, 0.05) is 6.42 Å². The van der Waals surface area contributed by atoms with E-state index in [1.54, 1.807) is 6.07 Å². The Morgan fingerprint density at radius 2 is 2.45 bits per heavy atom. The van der Waals surface area contributed by atoms with Gasteiger partial charge < -0.3 is 14.6 Å². The van der Waals surface area contributed by atoms with Gasteiger partial charge in [-0.15, -0.1) is 0 Å². The van der Waals surface area contributed by atoms with E-state index in [2.05, 4.69) is 0 Å². The Morgan fingerprint density at radius 3 is 2.91 bits per heavy atom. The summed E-state index contributed by atoms with van der Waals surface area (Å²) in [5.41, 5.74) is 0.680. The highest BCUT2D eigenvalue weighted by Crippen LogP contribution is 2.03. The monoisotopic (exact) mass is 156 g/mol. The average molecular weight is 156 g/mol. The van der Waals surface area contributed by atoms with Gasteiger partial charge in [-0.2, -0.15) is 0 Å². The minimum atomic E-state index is -1.34. The van der Waals surface area contributed by atoms with E-state index in [0.29, 0.717) is 5.56 Å². The molecule has 0 aliphatic rings. The van der Waals surface area contributed by atoms with Crippen LogP contribution in [0.2, 0.25) is 0 Å². The number of hydrogen-bond donors (Lipinski definition) is 2. The molecule has 0 fully saturated rings. The van der Waals surface area contributed by atoms with Crippen LogP contribution in [0, 0.1) is 0 Å². The van der Waals surface area contributed by atoms with Gasteiger partial charge >= 0.3 is 5.97 Å². The topological polar surface area (TPSA) is 70.7 Å². The number of carboxylic acid groups (broad SMARTS) is 1. The predicted octanol–water partition coefficient (Wildman–Crippen LogP) is 0.268. The van der Waals surface area contributed by atoms with Crippen molar-refractivity contribution >= 4 is 5.97 Å². The molecule has 60 valence electrons. The van der Waals surface area contributed by atoms with Gasteiger partial charge in [0.15, 0.2) is 6.10 Å². The Morgan fingerprint density at radius 1 is 1.73 bits per heavy atom. The fraction of sp³-hybridized carbons (Fsp3) is 0.286. The first kappa shape index (κ1) is 7.81. The number of aliphatic hydroxyl groups is 1. The molecule has 0 saturated heterocycles. The normalized spacial score (nSPS) is 12.8. The minimum absolute atomic E-state index is 0.0891. The molecule has 1 aromatic heterocycles. The predicted molar refractivity (Wildman–Crippen MR) is 36.1 cm³/mol. The second kappa shape index (κ2) is 3.21. The molecule has 0 aliphatic carbocycles. The molecule has 0 radical (unpaired) electrons. The van der Waals surface area contributed by atoms with Crippen LogP contribution in [0.5, 0.6) is 0 Å². The van der Waals surface area contributed by atoms with Crippen molar-refractivity contribution in [3.05, 3.63) is 24.2 Å². The Hall–Kier alpha value is -1.29. The molecule has 4 heteroatoms. The van der Waals surface area contributed by atoms with Crippen LogP contribution in [0.3, 0.4) is 0 Å². The quantitative estimate of drug-likeness (QED) is 0.658. The Bertz CT molecular complexity index is 227. The molecule has 11 heavy (non-hydrogen) atoms. The van der Waals surface area contributed by atoms with E-state index in [1.807, 2.05) is 0 Å². The highest BCUT2D eigenvalue weighted by Gasteiger charge is 2.13. The zero-order valence-electron chi connectivity index (χ0n) is 5.73. The number of furan rings is 1. The van der Waals surface area contributed by atoms with Gasteiger partial charge in [-0.25, -0.2) is 4.79 Å². The molecule has 0 amide bonds. The molecule has 0 saturated carbocycles. The molecule has 1 rings (SSSR count). The minimum Gasteiger partial charge on any atom is -0.479 e. The van der Waals surface area contributed by atoms with E-state index < -0.39 is 12.1 Å². The molecule has 1 unspecified atom stereocenters. The number of rotatable bonds is 3. The smallest absolute Gasteiger partial charge is 0.332 e. The van der Waals surface area contributed by atoms with Crippen LogP contribution in [0.1, 0.15) is 5.56 Å². The van der Waals surface area contributed by atoms with Crippen LogP contribution in [0.15, 0.2) is 23.0 Å². The van der Waals surface area contributed by atoms with E-state index in [4.69, 9.17) is 14.6 Å².